The van der Waals surface area contributed by atoms with E-state index in [9.17, 15) is 10.1 Å². The number of aromatic nitrogens is 1. The molecule has 2 rings (SSSR count). The number of hydrogen-bond donors (Lipinski definition) is 1. The molecule has 1 aliphatic rings. The molecule has 6 nitrogen and oxygen atoms in total. The van der Waals surface area contributed by atoms with Crippen LogP contribution in [-0.2, 0) is 0 Å². The zero-order chi connectivity index (χ0) is 14.9. The third kappa shape index (κ3) is 3.00. The molecule has 6 heteroatoms. The van der Waals surface area contributed by atoms with Crippen LogP contribution in [0.15, 0.2) is 12.1 Å². The minimum absolute atomic E-state index is 0.0199. The fraction of sp³-hybridized carbons (Fsp3) is 0.643. The van der Waals surface area contributed by atoms with Gasteiger partial charge >= 0.3 is 5.69 Å². The van der Waals surface area contributed by atoms with Crippen molar-refractivity contribution >= 4 is 17.3 Å². The van der Waals surface area contributed by atoms with E-state index in [1.807, 2.05) is 11.9 Å². The van der Waals surface area contributed by atoms with Crippen LogP contribution in [0.4, 0.5) is 17.3 Å². The third-order valence-corrected chi connectivity index (χ3v) is 4.26. The summed E-state index contributed by atoms with van der Waals surface area (Å²) in [5.41, 5.74) is 6.07. The zero-order valence-corrected chi connectivity index (χ0v) is 12.3. The molecule has 1 aromatic rings. The Hall–Kier alpha value is -1.85. The quantitative estimate of drug-likeness (QED) is 0.678. The van der Waals surface area contributed by atoms with E-state index in [-0.39, 0.29) is 11.7 Å². The average Bonchev–Trinajstić information content (AvgIpc) is 2.37. The first-order valence-corrected chi connectivity index (χ1v) is 6.94. The summed E-state index contributed by atoms with van der Waals surface area (Å²) in [6.45, 7) is 4.54. The van der Waals surface area contributed by atoms with Crippen LogP contribution in [0.2, 0.25) is 0 Å². The lowest BCUT2D eigenvalue weighted by Crippen LogP contribution is -2.38. The second-order valence-corrected chi connectivity index (χ2v) is 6.34. The maximum atomic E-state index is 11.1. The second-order valence-electron chi connectivity index (χ2n) is 6.34. The van der Waals surface area contributed by atoms with Gasteiger partial charge in [-0.05, 0) is 37.2 Å². The fourth-order valence-electron chi connectivity index (χ4n) is 2.80. The summed E-state index contributed by atoms with van der Waals surface area (Å²) in [5, 5.41) is 11.1. The van der Waals surface area contributed by atoms with Crippen LogP contribution in [-0.4, -0.2) is 23.0 Å². The number of nitrogens with zero attached hydrogens (tertiary/aromatic N) is 3. The first-order valence-electron chi connectivity index (χ1n) is 6.94. The number of pyridine rings is 1. The molecule has 0 aliphatic heterocycles. The number of nitrogen functional groups attached to an aromatic ring is 1. The monoisotopic (exact) mass is 278 g/mol. The van der Waals surface area contributed by atoms with Crippen molar-refractivity contribution in [3.05, 3.63) is 22.2 Å². The summed E-state index contributed by atoms with van der Waals surface area (Å²) in [5.74, 6) is 0.688. The van der Waals surface area contributed by atoms with Crippen molar-refractivity contribution < 1.29 is 4.92 Å². The Balaban J connectivity index is 2.23. The summed E-state index contributed by atoms with van der Waals surface area (Å²) in [6, 6.07) is 3.19. The van der Waals surface area contributed by atoms with Gasteiger partial charge in [-0.3, -0.25) is 10.1 Å². The van der Waals surface area contributed by atoms with Crippen molar-refractivity contribution in [2.24, 2.45) is 5.41 Å². The van der Waals surface area contributed by atoms with Crippen molar-refractivity contribution in [2.45, 2.75) is 45.6 Å². The van der Waals surface area contributed by atoms with E-state index in [0.717, 1.165) is 25.7 Å². The highest BCUT2D eigenvalue weighted by molar-refractivity contribution is 5.61. The number of nitro groups is 1. The Morgan fingerprint density at radius 2 is 2.00 bits per heavy atom. The predicted octanol–water partition coefficient (Wildman–Crippen LogP) is 2.98. The van der Waals surface area contributed by atoms with Crippen LogP contribution >= 0.6 is 0 Å². The number of rotatable bonds is 3. The van der Waals surface area contributed by atoms with Gasteiger partial charge in [0.05, 0.1) is 4.92 Å². The highest BCUT2D eigenvalue weighted by atomic mass is 16.6. The number of hydrogen-bond acceptors (Lipinski definition) is 5. The van der Waals surface area contributed by atoms with Gasteiger partial charge in [-0.15, -0.1) is 0 Å². The molecule has 1 fully saturated rings. The Labute approximate surface area is 119 Å². The molecule has 0 bridgehead atoms. The largest absolute Gasteiger partial charge is 0.384 e. The lowest BCUT2D eigenvalue weighted by Gasteiger charge is -2.38. The first-order chi connectivity index (χ1) is 9.30. The van der Waals surface area contributed by atoms with Gasteiger partial charge in [-0.2, -0.15) is 0 Å². The summed E-state index contributed by atoms with van der Waals surface area (Å²) >= 11 is 0. The molecule has 0 unspecified atom stereocenters. The van der Waals surface area contributed by atoms with Crippen LogP contribution in [0.3, 0.4) is 0 Å². The van der Waals surface area contributed by atoms with Crippen molar-refractivity contribution in [3.63, 3.8) is 0 Å². The van der Waals surface area contributed by atoms with Gasteiger partial charge in [0, 0.05) is 19.2 Å². The molecule has 1 aliphatic carbocycles. The van der Waals surface area contributed by atoms with Gasteiger partial charge in [0.15, 0.2) is 0 Å². The Kier molecular flexibility index (Phi) is 3.83. The Morgan fingerprint density at radius 1 is 1.40 bits per heavy atom. The highest BCUT2D eigenvalue weighted by Gasteiger charge is 2.31. The Morgan fingerprint density at radius 3 is 2.55 bits per heavy atom. The predicted molar refractivity (Wildman–Crippen MR) is 79.7 cm³/mol. The van der Waals surface area contributed by atoms with E-state index in [4.69, 9.17) is 5.73 Å². The maximum absolute atomic E-state index is 11.1. The molecule has 0 spiro atoms. The standard InChI is InChI=1S/C14H22N4O2/c1-14(2)8-6-10(7-9-14)17(3)13-11(18(19)20)4-5-12(15)16-13/h4-5,10H,6-9H2,1-3H3,(H2,15,16). The van der Waals surface area contributed by atoms with E-state index in [2.05, 4.69) is 18.8 Å². The van der Waals surface area contributed by atoms with E-state index in [1.54, 1.807) is 0 Å². The molecule has 0 radical (unpaired) electrons. The summed E-state index contributed by atoms with van der Waals surface area (Å²) < 4.78 is 0. The van der Waals surface area contributed by atoms with E-state index in [1.165, 1.54) is 12.1 Å². The molecule has 20 heavy (non-hydrogen) atoms. The molecule has 1 aromatic heterocycles. The third-order valence-electron chi connectivity index (χ3n) is 4.26. The van der Waals surface area contributed by atoms with Gasteiger partial charge < -0.3 is 10.6 Å². The molecule has 1 heterocycles. The molecule has 1 saturated carbocycles. The number of nitrogens with two attached hydrogens (primary N) is 1. The summed E-state index contributed by atoms with van der Waals surface area (Å²) in [6.07, 6.45) is 4.30. The molecule has 0 amide bonds. The maximum Gasteiger partial charge on any atom is 0.311 e. The average molecular weight is 278 g/mol. The highest BCUT2D eigenvalue weighted by Crippen LogP contribution is 2.38. The smallest absolute Gasteiger partial charge is 0.311 e. The fourth-order valence-corrected chi connectivity index (χ4v) is 2.80. The van der Waals surface area contributed by atoms with Crippen LogP contribution in [0.25, 0.3) is 0 Å². The normalized spacial score (nSPS) is 18.8. The molecule has 2 N–H and O–H groups in total. The SMILES string of the molecule is CN(c1nc(N)ccc1[N+](=O)[O-])C1CCC(C)(C)CC1. The van der Waals surface area contributed by atoms with Gasteiger partial charge in [0.1, 0.15) is 5.82 Å². The minimum Gasteiger partial charge on any atom is -0.384 e. The molecular formula is C14H22N4O2. The van der Waals surface area contributed by atoms with Crippen LogP contribution in [0, 0.1) is 15.5 Å². The van der Waals surface area contributed by atoms with Crippen molar-refractivity contribution in [3.8, 4) is 0 Å². The minimum atomic E-state index is -0.398. The van der Waals surface area contributed by atoms with Crippen LogP contribution in [0.1, 0.15) is 39.5 Å². The van der Waals surface area contributed by atoms with Crippen molar-refractivity contribution in [2.75, 3.05) is 17.7 Å². The van der Waals surface area contributed by atoms with E-state index < -0.39 is 4.92 Å². The van der Waals surface area contributed by atoms with Gasteiger partial charge in [0.2, 0.25) is 5.82 Å². The van der Waals surface area contributed by atoms with Crippen molar-refractivity contribution in [1.29, 1.82) is 0 Å². The lowest BCUT2D eigenvalue weighted by molar-refractivity contribution is -0.384. The van der Waals surface area contributed by atoms with E-state index in [0.29, 0.717) is 17.1 Å². The molecule has 110 valence electrons. The topological polar surface area (TPSA) is 85.3 Å². The van der Waals surface area contributed by atoms with Crippen LogP contribution in [0.5, 0.6) is 0 Å². The zero-order valence-electron chi connectivity index (χ0n) is 12.3. The second kappa shape index (κ2) is 5.26. The number of anilines is 2. The first kappa shape index (κ1) is 14.6. The van der Waals surface area contributed by atoms with Gasteiger partial charge in [-0.1, -0.05) is 13.8 Å². The van der Waals surface area contributed by atoms with Crippen molar-refractivity contribution in [1.82, 2.24) is 4.98 Å². The van der Waals surface area contributed by atoms with Gasteiger partial charge in [0.25, 0.3) is 0 Å². The molecule has 0 aromatic carbocycles. The lowest BCUT2D eigenvalue weighted by atomic mass is 9.75. The molecular weight excluding hydrogens is 256 g/mol. The van der Waals surface area contributed by atoms with E-state index >= 15 is 0 Å². The summed E-state index contributed by atoms with van der Waals surface area (Å²) in [7, 11) is 1.87. The van der Waals surface area contributed by atoms with Crippen LogP contribution < -0.4 is 10.6 Å². The summed E-state index contributed by atoms with van der Waals surface area (Å²) in [4.78, 5) is 16.8. The molecule has 0 saturated heterocycles. The molecule has 0 atom stereocenters. The Bertz CT molecular complexity index is 506. The van der Waals surface area contributed by atoms with Gasteiger partial charge in [-0.25, -0.2) is 4.98 Å².